The van der Waals surface area contributed by atoms with Crippen molar-refractivity contribution in [2.45, 2.75) is 64.1 Å². The fourth-order valence-electron chi connectivity index (χ4n) is 2.18. The molecule has 0 saturated heterocycles. The van der Waals surface area contributed by atoms with E-state index in [1.807, 2.05) is 13.8 Å². The van der Waals surface area contributed by atoms with E-state index in [-0.39, 0.29) is 11.9 Å². The molecule has 1 fully saturated rings. The Balaban J connectivity index is 2.37. The lowest BCUT2D eigenvalue weighted by Gasteiger charge is -2.29. The maximum absolute atomic E-state index is 11.7. The Labute approximate surface area is 97.6 Å². The van der Waals surface area contributed by atoms with Crippen LogP contribution in [0.25, 0.3) is 0 Å². The molecule has 1 unspecified atom stereocenters. The Morgan fingerprint density at radius 2 is 2.06 bits per heavy atom. The first kappa shape index (κ1) is 13.5. The number of rotatable bonds is 4. The van der Waals surface area contributed by atoms with E-state index in [1.54, 1.807) is 0 Å². The standard InChI is InChI=1S/C12H24N2O2/c1-8(2)7-9(13)12(16)14-10-5-3-4-6-11(10)15/h8-11,15H,3-7,13H2,1-2H3,(H,14,16)/t9?,10-,11-/m1/s1. The van der Waals surface area contributed by atoms with Crippen molar-refractivity contribution in [3.05, 3.63) is 0 Å². The molecule has 0 aromatic rings. The Morgan fingerprint density at radius 1 is 1.44 bits per heavy atom. The highest BCUT2D eigenvalue weighted by Gasteiger charge is 2.26. The van der Waals surface area contributed by atoms with Gasteiger partial charge >= 0.3 is 0 Å². The molecular formula is C12H24N2O2. The summed E-state index contributed by atoms with van der Waals surface area (Å²) in [4.78, 5) is 11.7. The highest BCUT2D eigenvalue weighted by molar-refractivity contribution is 5.81. The van der Waals surface area contributed by atoms with Gasteiger partial charge in [-0.1, -0.05) is 26.7 Å². The number of carbonyl (C=O) groups excluding carboxylic acids is 1. The molecule has 0 radical (unpaired) electrons. The molecule has 0 aromatic carbocycles. The minimum absolute atomic E-state index is 0.0977. The quantitative estimate of drug-likeness (QED) is 0.665. The van der Waals surface area contributed by atoms with Gasteiger partial charge in [-0.25, -0.2) is 0 Å². The lowest BCUT2D eigenvalue weighted by molar-refractivity contribution is -0.124. The first-order chi connectivity index (χ1) is 7.50. The van der Waals surface area contributed by atoms with Crippen LogP contribution in [0.5, 0.6) is 0 Å². The predicted octanol–water partition coefficient (Wildman–Crippen LogP) is 0.779. The molecule has 1 amide bonds. The summed E-state index contributed by atoms with van der Waals surface area (Å²) in [5, 5.41) is 12.6. The summed E-state index contributed by atoms with van der Waals surface area (Å²) in [6.45, 7) is 4.09. The summed E-state index contributed by atoms with van der Waals surface area (Å²) in [5.41, 5.74) is 5.79. The zero-order valence-corrected chi connectivity index (χ0v) is 10.3. The van der Waals surface area contributed by atoms with Crippen LogP contribution in [0.2, 0.25) is 0 Å². The number of nitrogens with one attached hydrogen (secondary N) is 1. The highest BCUT2D eigenvalue weighted by Crippen LogP contribution is 2.18. The second kappa shape index (κ2) is 6.21. The number of nitrogens with two attached hydrogens (primary N) is 1. The van der Waals surface area contributed by atoms with Crippen molar-refractivity contribution in [1.29, 1.82) is 0 Å². The van der Waals surface area contributed by atoms with Gasteiger partial charge in [0.25, 0.3) is 0 Å². The molecule has 0 spiro atoms. The van der Waals surface area contributed by atoms with Gasteiger partial charge in [0.15, 0.2) is 0 Å². The van der Waals surface area contributed by atoms with Gasteiger partial charge in [-0.15, -0.1) is 0 Å². The zero-order chi connectivity index (χ0) is 12.1. The van der Waals surface area contributed by atoms with Gasteiger partial charge in [0.1, 0.15) is 0 Å². The van der Waals surface area contributed by atoms with E-state index in [0.29, 0.717) is 12.3 Å². The van der Waals surface area contributed by atoms with Crippen molar-refractivity contribution >= 4 is 5.91 Å². The molecule has 94 valence electrons. The average Bonchev–Trinajstić information content (AvgIpc) is 2.20. The highest BCUT2D eigenvalue weighted by atomic mass is 16.3. The number of carbonyl (C=O) groups is 1. The van der Waals surface area contributed by atoms with Crippen LogP contribution in [-0.2, 0) is 4.79 Å². The molecular weight excluding hydrogens is 204 g/mol. The Kier molecular flexibility index (Phi) is 5.22. The molecule has 0 aromatic heterocycles. The van der Waals surface area contributed by atoms with Crippen molar-refractivity contribution in [2.24, 2.45) is 11.7 Å². The maximum atomic E-state index is 11.7. The SMILES string of the molecule is CC(C)CC(N)C(=O)N[C@@H]1CCCC[C@H]1O. The molecule has 0 heterocycles. The minimum atomic E-state index is -0.450. The van der Waals surface area contributed by atoms with E-state index < -0.39 is 12.1 Å². The van der Waals surface area contributed by atoms with Crippen LogP contribution in [0, 0.1) is 5.92 Å². The van der Waals surface area contributed by atoms with E-state index >= 15 is 0 Å². The first-order valence-corrected chi connectivity index (χ1v) is 6.24. The van der Waals surface area contributed by atoms with Crippen LogP contribution < -0.4 is 11.1 Å². The van der Waals surface area contributed by atoms with Crippen molar-refractivity contribution in [1.82, 2.24) is 5.32 Å². The Bertz CT molecular complexity index is 231. The van der Waals surface area contributed by atoms with Crippen molar-refractivity contribution in [3.63, 3.8) is 0 Å². The summed E-state index contributed by atoms with van der Waals surface area (Å²) in [7, 11) is 0. The second-order valence-corrected chi connectivity index (χ2v) is 5.20. The molecule has 4 heteroatoms. The van der Waals surface area contributed by atoms with E-state index in [0.717, 1.165) is 25.7 Å². The molecule has 4 nitrogen and oxygen atoms in total. The summed E-state index contributed by atoms with van der Waals surface area (Å²) < 4.78 is 0. The van der Waals surface area contributed by atoms with Gasteiger partial charge in [-0.2, -0.15) is 0 Å². The third-order valence-corrected chi connectivity index (χ3v) is 3.12. The lowest BCUT2D eigenvalue weighted by Crippen LogP contribution is -2.51. The fourth-order valence-corrected chi connectivity index (χ4v) is 2.18. The van der Waals surface area contributed by atoms with Crippen LogP contribution in [0.15, 0.2) is 0 Å². The Hall–Kier alpha value is -0.610. The predicted molar refractivity (Wildman–Crippen MR) is 63.8 cm³/mol. The maximum Gasteiger partial charge on any atom is 0.237 e. The second-order valence-electron chi connectivity index (χ2n) is 5.20. The van der Waals surface area contributed by atoms with Crippen molar-refractivity contribution in [2.75, 3.05) is 0 Å². The Morgan fingerprint density at radius 3 is 2.62 bits per heavy atom. The third-order valence-electron chi connectivity index (χ3n) is 3.12. The molecule has 1 rings (SSSR count). The molecule has 1 aliphatic carbocycles. The van der Waals surface area contributed by atoms with Crippen LogP contribution in [-0.4, -0.2) is 29.2 Å². The molecule has 1 aliphatic rings. The van der Waals surface area contributed by atoms with E-state index in [9.17, 15) is 9.90 Å². The van der Waals surface area contributed by atoms with Gasteiger partial charge in [0.05, 0.1) is 18.2 Å². The summed E-state index contributed by atoms with van der Waals surface area (Å²) in [5.74, 6) is 0.289. The monoisotopic (exact) mass is 228 g/mol. The number of hydrogen-bond donors (Lipinski definition) is 3. The molecule has 0 bridgehead atoms. The van der Waals surface area contributed by atoms with Crippen molar-refractivity contribution in [3.8, 4) is 0 Å². The van der Waals surface area contributed by atoms with Crippen LogP contribution in [0.3, 0.4) is 0 Å². The molecule has 3 atom stereocenters. The van der Waals surface area contributed by atoms with E-state index in [1.165, 1.54) is 0 Å². The number of aliphatic hydroxyl groups excluding tert-OH is 1. The zero-order valence-electron chi connectivity index (χ0n) is 10.3. The topological polar surface area (TPSA) is 75.4 Å². The first-order valence-electron chi connectivity index (χ1n) is 6.24. The number of hydrogen-bond acceptors (Lipinski definition) is 3. The lowest BCUT2D eigenvalue weighted by atomic mass is 9.92. The smallest absolute Gasteiger partial charge is 0.237 e. The van der Waals surface area contributed by atoms with Crippen LogP contribution in [0.4, 0.5) is 0 Å². The normalized spacial score (nSPS) is 27.8. The van der Waals surface area contributed by atoms with Gasteiger partial charge in [0, 0.05) is 0 Å². The van der Waals surface area contributed by atoms with Gasteiger partial charge in [0.2, 0.25) is 5.91 Å². The van der Waals surface area contributed by atoms with Gasteiger partial charge in [-0.3, -0.25) is 4.79 Å². The molecule has 1 saturated carbocycles. The molecule has 0 aliphatic heterocycles. The van der Waals surface area contributed by atoms with E-state index in [4.69, 9.17) is 5.73 Å². The largest absolute Gasteiger partial charge is 0.391 e. The fraction of sp³-hybridized carbons (Fsp3) is 0.917. The average molecular weight is 228 g/mol. The summed E-state index contributed by atoms with van der Waals surface area (Å²) in [6, 6.07) is -0.548. The van der Waals surface area contributed by atoms with Gasteiger partial charge < -0.3 is 16.2 Å². The molecule has 4 N–H and O–H groups in total. The summed E-state index contributed by atoms with van der Waals surface area (Å²) in [6.07, 6.45) is 4.05. The molecule has 16 heavy (non-hydrogen) atoms. The number of aliphatic hydroxyl groups is 1. The third kappa shape index (κ3) is 4.10. The van der Waals surface area contributed by atoms with E-state index in [2.05, 4.69) is 5.32 Å². The van der Waals surface area contributed by atoms with Crippen LogP contribution >= 0.6 is 0 Å². The van der Waals surface area contributed by atoms with Gasteiger partial charge in [-0.05, 0) is 25.2 Å². The minimum Gasteiger partial charge on any atom is -0.391 e. The van der Waals surface area contributed by atoms with Crippen LogP contribution in [0.1, 0.15) is 46.0 Å². The van der Waals surface area contributed by atoms with Crippen molar-refractivity contribution < 1.29 is 9.90 Å². The summed E-state index contributed by atoms with van der Waals surface area (Å²) >= 11 is 0. The number of amides is 1.